The molecule has 3 N–H and O–H groups in total. The Morgan fingerprint density at radius 3 is 2.90 bits per heavy atom. The van der Waals surface area contributed by atoms with E-state index in [-0.39, 0.29) is 12.5 Å². The van der Waals surface area contributed by atoms with Gasteiger partial charge in [-0.1, -0.05) is 13.3 Å². The topological polar surface area (TPSA) is 105 Å². The number of rotatable bonds is 9. The lowest BCUT2D eigenvalue weighted by Gasteiger charge is -2.16. The third kappa shape index (κ3) is 6.75. The van der Waals surface area contributed by atoms with Crippen LogP contribution in [0.25, 0.3) is 0 Å². The van der Waals surface area contributed by atoms with Crippen molar-refractivity contribution in [3.63, 3.8) is 0 Å². The highest BCUT2D eigenvalue weighted by molar-refractivity contribution is 5.89. The minimum Gasteiger partial charge on any atom is -0.481 e. The van der Waals surface area contributed by atoms with E-state index in [2.05, 4.69) is 15.7 Å². The van der Waals surface area contributed by atoms with Gasteiger partial charge in [0.05, 0.1) is 31.5 Å². The van der Waals surface area contributed by atoms with Gasteiger partial charge < -0.3 is 20.5 Å². The number of hydrogen-bond donors (Lipinski definition) is 3. The maximum Gasteiger partial charge on any atom is 0.319 e. The molecule has 2 amide bonds. The molecule has 0 aromatic carbocycles. The zero-order valence-electron chi connectivity index (χ0n) is 12.3. The Labute approximate surface area is 123 Å². The third-order valence-electron chi connectivity index (χ3n) is 2.81. The summed E-state index contributed by atoms with van der Waals surface area (Å²) in [7, 11) is 1.60. The van der Waals surface area contributed by atoms with Gasteiger partial charge in [0, 0.05) is 19.3 Å². The predicted octanol–water partition coefficient (Wildman–Crippen LogP) is 1.29. The van der Waals surface area contributed by atoms with Crippen LogP contribution < -0.4 is 10.6 Å². The summed E-state index contributed by atoms with van der Waals surface area (Å²) in [4.78, 5) is 22.6. The zero-order valence-corrected chi connectivity index (χ0v) is 12.3. The first-order valence-corrected chi connectivity index (χ1v) is 6.85. The molecule has 21 heavy (non-hydrogen) atoms. The van der Waals surface area contributed by atoms with E-state index in [9.17, 15) is 9.59 Å². The molecule has 1 unspecified atom stereocenters. The van der Waals surface area contributed by atoms with Gasteiger partial charge >= 0.3 is 12.0 Å². The number of anilines is 1. The van der Waals surface area contributed by atoms with Gasteiger partial charge in [0.25, 0.3) is 0 Å². The Kier molecular flexibility index (Phi) is 7.24. The highest BCUT2D eigenvalue weighted by atomic mass is 16.5. The van der Waals surface area contributed by atoms with Crippen molar-refractivity contribution in [3.8, 4) is 0 Å². The van der Waals surface area contributed by atoms with Gasteiger partial charge in [-0.3, -0.25) is 9.48 Å². The van der Waals surface area contributed by atoms with Crippen LogP contribution in [0.15, 0.2) is 12.4 Å². The van der Waals surface area contributed by atoms with Crippen molar-refractivity contribution < 1.29 is 19.4 Å². The summed E-state index contributed by atoms with van der Waals surface area (Å²) in [5, 5.41) is 18.2. The molecule has 0 fully saturated rings. The molecule has 0 aliphatic heterocycles. The van der Waals surface area contributed by atoms with Crippen LogP contribution in [-0.2, 0) is 16.1 Å². The minimum absolute atomic E-state index is 0.0889. The lowest BCUT2D eigenvalue weighted by atomic mass is 10.1. The van der Waals surface area contributed by atoms with Crippen LogP contribution in [0.3, 0.4) is 0 Å². The number of nitrogens with zero attached hydrogens (tertiary/aromatic N) is 2. The summed E-state index contributed by atoms with van der Waals surface area (Å²) in [6.45, 7) is 3.07. The van der Waals surface area contributed by atoms with Gasteiger partial charge in [-0.15, -0.1) is 0 Å². The van der Waals surface area contributed by atoms with E-state index in [1.807, 2.05) is 6.92 Å². The summed E-state index contributed by atoms with van der Waals surface area (Å²) in [6.07, 6.45) is 4.54. The van der Waals surface area contributed by atoms with E-state index in [1.54, 1.807) is 18.0 Å². The number of aliphatic carboxylic acids is 1. The second-order valence-electron chi connectivity index (χ2n) is 4.67. The first kappa shape index (κ1) is 17.0. The van der Waals surface area contributed by atoms with Crippen LogP contribution in [0.2, 0.25) is 0 Å². The van der Waals surface area contributed by atoms with Gasteiger partial charge in [-0.05, 0) is 6.42 Å². The molecule has 1 rings (SSSR count). The zero-order chi connectivity index (χ0) is 15.7. The van der Waals surface area contributed by atoms with Crippen molar-refractivity contribution in [1.29, 1.82) is 0 Å². The Morgan fingerprint density at radius 2 is 2.29 bits per heavy atom. The molecule has 0 saturated heterocycles. The van der Waals surface area contributed by atoms with E-state index < -0.39 is 12.0 Å². The second kappa shape index (κ2) is 8.96. The van der Waals surface area contributed by atoms with Crippen molar-refractivity contribution in [2.75, 3.05) is 19.0 Å². The number of carbonyl (C=O) groups excluding carboxylic acids is 1. The smallest absolute Gasteiger partial charge is 0.319 e. The van der Waals surface area contributed by atoms with Crippen LogP contribution in [0.4, 0.5) is 10.5 Å². The number of carboxylic acids is 1. The van der Waals surface area contributed by atoms with E-state index in [4.69, 9.17) is 9.84 Å². The number of hydrogen-bond acceptors (Lipinski definition) is 4. The van der Waals surface area contributed by atoms with Crippen LogP contribution >= 0.6 is 0 Å². The Morgan fingerprint density at radius 1 is 1.52 bits per heavy atom. The fourth-order valence-electron chi connectivity index (χ4n) is 1.87. The normalized spacial score (nSPS) is 11.9. The molecular formula is C13H22N4O4. The van der Waals surface area contributed by atoms with Crippen molar-refractivity contribution in [2.45, 2.75) is 38.8 Å². The molecule has 8 heteroatoms. The SMILES string of the molecule is CCCC(CC(=O)O)NC(=O)Nc1cnn(CCOC)c1. The van der Waals surface area contributed by atoms with Gasteiger partial charge in [0.1, 0.15) is 0 Å². The average Bonchev–Trinajstić information content (AvgIpc) is 2.83. The van der Waals surface area contributed by atoms with E-state index >= 15 is 0 Å². The molecule has 1 heterocycles. The monoisotopic (exact) mass is 298 g/mol. The lowest BCUT2D eigenvalue weighted by molar-refractivity contribution is -0.137. The predicted molar refractivity (Wildman–Crippen MR) is 77.2 cm³/mol. The lowest BCUT2D eigenvalue weighted by Crippen LogP contribution is -2.39. The average molecular weight is 298 g/mol. The highest BCUT2D eigenvalue weighted by Crippen LogP contribution is 2.06. The van der Waals surface area contributed by atoms with Crippen molar-refractivity contribution >= 4 is 17.7 Å². The first-order chi connectivity index (χ1) is 10.0. The maximum atomic E-state index is 11.8. The molecule has 0 bridgehead atoms. The fourth-order valence-corrected chi connectivity index (χ4v) is 1.87. The second-order valence-corrected chi connectivity index (χ2v) is 4.67. The molecule has 0 aliphatic carbocycles. The highest BCUT2D eigenvalue weighted by Gasteiger charge is 2.15. The molecular weight excluding hydrogens is 276 g/mol. The third-order valence-corrected chi connectivity index (χ3v) is 2.81. The van der Waals surface area contributed by atoms with Gasteiger partial charge in [0.15, 0.2) is 0 Å². The summed E-state index contributed by atoms with van der Waals surface area (Å²) in [6, 6.07) is -0.808. The quantitative estimate of drug-likeness (QED) is 0.637. The van der Waals surface area contributed by atoms with Gasteiger partial charge in [-0.2, -0.15) is 5.10 Å². The Hall–Kier alpha value is -2.09. The molecule has 0 spiro atoms. The first-order valence-electron chi connectivity index (χ1n) is 6.85. The van der Waals surface area contributed by atoms with E-state index in [0.29, 0.717) is 25.3 Å². The minimum atomic E-state index is -0.930. The van der Waals surface area contributed by atoms with Crippen molar-refractivity contribution in [1.82, 2.24) is 15.1 Å². The van der Waals surface area contributed by atoms with E-state index in [0.717, 1.165) is 6.42 Å². The molecule has 8 nitrogen and oxygen atoms in total. The van der Waals surface area contributed by atoms with Crippen LogP contribution in [-0.4, -0.2) is 46.6 Å². The number of methoxy groups -OCH3 is 1. The number of carboxylic acid groups (broad SMARTS) is 1. The molecule has 0 aliphatic rings. The number of urea groups is 1. The molecule has 1 aromatic heterocycles. The van der Waals surface area contributed by atoms with Crippen molar-refractivity contribution in [3.05, 3.63) is 12.4 Å². The molecule has 0 saturated carbocycles. The molecule has 0 radical (unpaired) electrons. The fraction of sp³-hybridized carbons (Fsp3) is 0.615. The number of aromatic nitrogens is 2. The molecule has 118 valence electrons. The number of nitrogens with one attached hydrogen (secondary N) is 2. The summed E-state index contributed by atoms with van der Waals surface area (Å²) >= 11 is 0. The summed E-state index contributed by atoms with van der Waals surface area (Å²) in [5.74, 6) is -0.930. The van der Waals surface area contributed by atoms with Crippen molar-refractivity contribution in [2.24, 2.45) is 0 Å². The largest absolute Gasteiger partial charge is 0.481 e. The maximum absolute atomic E-state index is 11.8. The number of carbonyl (C=O) groups is 2. The molecule has 1 atom stereocenters. The standard InChI is InChI=1S/C13H22N4O4/c1-3-4-10(7-12(18)19)15-13(20)16-11-8-14-17(9-11)5-6-21-2/h8-10H,3-7H2,1-2H3,(H,18,19)(H2,15,16,20). The number of ether oxygens (including phenoxy) is 1. The van der Waals surface area contributed by atoms with Gasteiger partial charge in [-0.25, -0.2) is 4.79 Å². The van der Waals surface area contributed by atoms with Crippen LogP contribution in [0, 0.1) is 0 Å². The number of amides is 2. The van der Waals surface area contributed by atoms with Gasteiger partial charge in [0.2, 0.25) is 0 Å². The van der Waals surface area contributed by atoms with Crippen LogP contribution in [0.5, 0.6) is 0 Å². The Bertz CT molecular complexity index is 461. The van der Waals surface area contributed by atoms with Crippen LogP contribution in [0.1, 0.15) is 26.2 Å². The van der Waals surface area contributed by atoms with E-state index in [1.165, 1.54) is 6.20 Å². The Balaban J connectivity index is 2.47. The summed E-state index contributed by atoms with van der Waals surface area (Å²) in [5.41, 5.74) is 0.550. The molecule has 1 aromatic rings. The summed E-state index contributed by atoms with van der Waals surface area (Å²) < 4.78 is 6.59.